The van der Waals surface area contributed by atoms with Crippen LogP contribution in [0.25, 0.3) is 0 Å². The highest BCUT2D eigenvalue weighted by Gasteiger charge is 2.09. The summed E-state index contributed by atoms with van der Waals surface area (Å²) < 4.78 is 10.9. The lowest BCUT2D eigenvalue weighted by atomic mass is 10.1. The van der Waals surface area contributed by atoms with Crippen molar-refractivity contribution in [2.24, 2.45) is 4.99 Å². The molecule has 2 N–H and O–H groups in total. The second kappa shape index (κ2) is 12.1. The summed E-state index contributed by atoms with van der Waals surface area (Å²) >= 11 is 0. The van der Waals surface area contributed by atoms with Gasteiger partial charge in [-0.1, -0.05) is 18.4 Å². The Bertz CT molecular complexity index is 634. The molecule has 0 amide bonds. The van der Waals surface area contributed by atoms with E-state index >= 15 is 0 Å². The molecule has 1 aliphatic heterocycles. The molecule has 0 saturated carbocycles. The highest BCUT2D eigenvalue weighted by molar-refractivity contribution is 5.79. The average Bonchev–Trinajstić information content (AvgIpc) is 2.71. The zero-order valence-electron chi connectivity index (χ0n) is 16.6. The van der Waals surface area contributed by atoms with Crippen molar-refractivity contribution in [3.05, 3.63) is 23.8 Å². The first-order valence-corrected chi connectivity index (χ1v) is 9.74. The van der Waals surface area contributed by atoms with Gasteiger partial charge >= 0.3 is 0 Å². The van der Waals surface area contributed by atoms with Gasteiger partial charge in [0.1, 0.15) is 6.61 Å². The molecule has 0 radical (unpaired) electrons. The highest BCUT2D eigenvalue weighted by Crippen LogP contribution is 2.28. The van der Waals surface area contributed by atoms with Crippen LogP contribution in [0.3, 0.4) is 0 Å². The summed E-state index contributed by atoms with van der Waals surface area (Å²) in [6.07, 6.45) is 9.27. The van der Waals surface area contributed by atoms with E-state index in [1.165, 1.54) is 32.4 Å². The molecule has 0 aliphatic carbocycles. The third-order valence-electron chi connectivity index (χ3n) is 4.47. The monoisotopic (exact) mass is 372 g/mol. The van der Waals surface area contributed by atoms with Crippen molar-refractivity contribution in [3.8, 4) is 23.8 Å². The van der Waals surface area contributed by atoms with Crippen molar-refractivity contribution < 1.29 is 9.47 Å². The van der Waals surface area contributed by atoms with Crippen molar-refractivity contribution in [2.75, 3.05) is 46.4 Å². The lowest BCUT2D eigenvalue weighted by Gasteiger charge is -2.26. The van der Waals surface area contributed by atoms with Gasteiger partial charge in [-0.15, -0.1) is 6.42 Å². The number of aliphatic imine (C=N–C) groups is 1. The number of hydrogen-bond donors (Lipinski definition) is 2. The first kappa shape index (κ1) is 20.9. The Balaban J connectivity index is 1.91. The molecular weight excluding hydrogens is 340 g/mol. The number of methoxy groups -OCH3 is 1. The maximum Gasteiger partial charge on any atom is 0.191 e. The number of ether oxygens (including phenoxy) is 2. The first-order valence-electron chi connectivity index (χ1n) is 9.74. The molecule has 148 valence electrons. The van der Waals surface area contributed by atoms with E-state index in [2.05, 4.69) is 33.4 Å². The third kappa shape index (κ3) is 7.40. The molecule has 0 spiro atoms. The Kier molecular flexibility index (Phi) is 9.36. The van der Waals surface area contributed by atoms with Gasteiger partial charge in [0.15, 0.2) is 17.5 Å². The average molecular weight is 373 g/mol. The van der Waals surface area contributed by atoms with Crippen LogP contribution in [0.4, 0.5) is 0 Å². The third-order valence-corrected chi connectivity index (χ3v) is 4.47. The Morgan fingerprint density at radius 2 is 2.04 bits per heavy atom. The molecule has 1 aliphatic rings. The number of benzene rings is 1. The van der Waals surface area contributed by atoms with Gasteiger partial charge in [0.2, 0.25) is 0 Å². The summed E-state index contributed by atoms with van der Waals surface area (Å²) in [6.45, 7) is 8.03. The number of rotatable bonds is 9. The Morgan fingerprint density at radius 1 is 1.22 bits per heavy atom. The number of guanidine groups is 1. The number of nitrogens with one attached hydrogen (secondary N) is 2. The number of terminal acetylenes is 1. The quantitative estimate of drug-likeness (QED) is 0.396. The largest absolute Gasteiger partial charge is 0.493 e. The minimum atomic E-state index is 0.212. The van der Waals surface area contributed by atoms with Crippen molar-refractivity contribution in [2.45, 2.75) is 32.7 Å². The summed E-state index contributed by atoms with van der Waals surface area (Å²) in [5.41, 5.74) is 1.04. The van der Waals surface area contributed by atoms with Crippen LogP contribution in [0.2, 0.25) is 0 Å². The Hall–Kier alpha value is -2.39. The standard InChI is InChI=1S/C21H32N4O2/c1-4-15-27-20-16-18(9-10-19(20)26-3)17-24-21(22-5-2)23-11-14-25-12-7-6-8-13-25/h1,9-10,16H,5-8,11-15,17H2,2-3H3,(H2,22,23,24). The number of nitrogens with zero attached hydrogens (tertiary/aromatic N) is 2. The second-order valence-electron chi connectivity index (χ2n) is 6.50. The van der Waals surface area contributed by atoms with Gasteiger partial charge in [0.05, 0.1) is 13.7 Å². The van der Waals surface area contributed by atoms with Gasteiger partial charge in [0, 0.05) is 19.6 Å². The van der Waals surface area contributed by atoms with Gasteiger partial charge in [-0.2, -0.15) is 0 Å². The van der Waals surface area contributed by atoms with Crippen molar-refractivity contribution >= 4 is 5.96 Å². The highest BCUT2D eigenvalue weighted by atomic mass is 16.5. The first-order chi connectivity index (χ1) is 13.3. The smallest absolute Gasteiger partial charge is 0.191 e. The number of likely N-dealkylation sites (tertiary alicyclic amines) is 1. The SMILES string of the molecule is C#CCOc1cc(CN=C(NCC)NCCN2CCCCC2)ccc1OC. The van der Waals surface area contributed by atoms with Crippen LogP contribution in [-0.2, 0) is 6.54 Å². The van der Waals surface area contributed by atoms with Crippen LogP contribution in [0.1, 0.15) is 31.7 Å². The van der Waals surface area contributed by atoms with Gasteiger partial charge in [-0.25, -0.2) is 4.99 Å². The lowest BCUT2D eigenvalue weighted by Crippen LogP contribution is -2.42. The van der Waals surface area contributed by atoms with Gasteiger partial charge in [-0.05, 0) is 50.6 Å². The topological polar surface area (TPSA) is 58.1 Å². The van der Waals surface area contributed by atoms with E-state index in [-0.39, 0.29) is 6.61 Å². The fraction of sp³-hybridized carbons (Fsp3) is 0.571. The van der Waals surface area contributed by atoms with E-state index in [1.807, 2.05) is 18.2 Å². The molecule has 1 saturated heterocycles. The Labute approximate surface area is 163 Å². The van der Waals surface area contributed by atoms with Gasteiger partial charge in [0.25, 0.3) is 0 Å². The van der Waals surface area contributed by atoms with Crippen LogP contribution in [0.5, 0.6) is 11.5 Å². The van der Waals surface area contributed by atoms with Crippen LogP contribution < -0.4 is 20.1 Å². The van der Waals surface area contributed by atoms with E-state index in [0.29, 0.717) is 18.0 Å². The normalized spacial score (nSPS) is 15.1. The van der Waals surface area contributed by atoms with Crippen molar-refractivity contribution in [3.63, 3.8) is 0 Å². The van der Waals surface area contributed by atoms with Gasteiger partial charge < -0.3 is 25.0 Å². The minimum absolute atomic E-state index is 0.212. The lowest BCUT2D eigenvalue weighted by molar-refractivity contribution is 0.232. The maximum absolute atomic E-state index is 5.56. The maximum atomic E-state index is 5.56. The fourth-order valence-corrected chi connectivity index (χ4v) is 3.08. The molecule has 2 rings (SSSR count). The molecule has 1 fully saturated rings. The van der Waals surface area contributed by atoms with E-state index < -0.39 is 0 Å². The molecule has 0 unspecified atom stereocenters. The zero-order valence-corrected chi connectivity index (χ0v) is 16.6. The van der Waals surface area contributed by atoms with Crippen LogP contribution in [0.15, 0.2) is 23.2 Å². The molecule has 1 aromatic rings. The minimum Gasteiger partial charge on any atom is -0.493 e. The number of hydrogen-bond acceptors (Lipinski definition) is 4. The van der Waals surface area contributed by atoms with Crippen LogP contribution >= 0.6 is 0 Å². The van der Waals surface area contributed by atoms with Crippen molar-refractivity contribution in [1.29, 1.82) is 0 Å². The summed E-state index contributed by atoms with van der Waals surface area (Å²) in [5.74, 6) is 4.62. The molecular formula is C21H32N4O2. The summed E-state index contributed by atoms with van der Waals surface area (Å²) in [6, 6.07) is 5.80. The predicted molar refractivity (Wildman–Crippen MR) is 110 cm³/mol. The summed E-state index contributed by atoms with van der Waals surface area (Å²) in [7, 11) is 1.62. The van der Waals surface area contributed by atoms with E-state index in [1.54, 1.807) is 7.11 Å². The summed E-state index contributed by atoms with van der Waals surface area (Å²) in [4.78, 5) is 7.20. The summed E-state index contributed by atoms with van der Waals surface area (Å²) in [5, 5.41) is 6.72. The molecule has 1 heterocycles. The zero-order chi connectivity index (χ0) is 19.3. The molecule has 0 atom stereocenters. The second-order valence-corrected chi connectivity index (χ2v) is 6.50. The fourth-order valence-electron chi connectivity index (χ4n) is 3.08. The van der Waals surface area contributed by atoms with Crippen LogP contribution in [0, 0.1) is 12.3 Å². The molecule has 0 bridgehead atoms. The predicted octanol–water partition coefficient (Wildman–Crippen LogP) is 2.25. The molecule has 0 aromatic heterocycles. The van der Waals surface area contributed by atoms with E-state index in [0.717, 1.165) is 31.2 Å². The Morgan fingerprint density at radius 3 is 2.74 bits per heavy atom. The van der Waals surface area contributed by atoms with Gasteiger partial charge in [-0.3, -0.25) is 0 Å². The number of piperidine rings is 1. The molecule has 6 nitrogen and oxygen atoms in total. The molecule has 1 aromatic carbocycles. The van der Waals surface area contributed by atoms with Crippen LogP contribution in [-0.4, -0.2) is 57.3 Å². The van der Waals surface area contributed by atoms with E-state index in [4.69, 9.17) is 15.9 Å². The molecule has 27 heavy (non-hydrogen) atoms. The molecule has 6 heteroatoms. The van der Waals surface area contributed by atoms with Crippen molar-refractivity contribution in [1.82, 2.24) is 15.5 Å². The van der Waals surface area contributed by atoms with E-state index in [9.17, 15) is 0 Å².